The molecular formula is C13H15BrN2O3. The number of carbonyl (C=O) groups excluding carboxylic acids is 1. The molecule has 102 valence electrons. The SMILES string of the molecule is CC1CCN(C(=O)Nc2cc(Br)ccc2C(=O)O)C1. The maximum atomic E-state index is 12.1. The van der Waals surface area contributed by atoms with E-state index in [1.165, 1.54) is 6.07 Å². The number of benzene rings is 1. The van der Waals surface area contributed by atoms with Crippen molar-refractivity contribution in [2.75, 3.05) is 18.4 Å². The minimum Gasteiger partial charge on any atom is -0.478 e. The smallest absolute Gasteiger partial charge is 0.337 e. The zero-order valence-corrected chi connectivity index (χ0v) is 12.1. The number of carboxylic acid groups (broad SMARTS) is 1. The number of carboxylic acids is 1. The van der Waals surface area contributed by atoms with Gasteiger partial charge in [0.1, 0.15) is 0 Å². The molecule has 19 heavy (non-hydrogen) atoms. The predicted molar refractivity (Wildman–Crippen MR) is 75.5 cm³/mol. The molecule has 0 radical (unpaired) electrons. The summed E-state index contributed by atoms with van der Waals surface area (Å²) in [6.07, 6.45) is 0.984. The van der Waals surface area contributed by atoms with Crippen LogP contribution < -0.4 is 5.32 Å². The lowest BCUT2D eigenvalue weighted by molar-refractivity contribution is 0.0698. The van der Waals surface area contributed by atoms with Gasteiger partial charge in [0, 0.05) is 17.6 Å². The van der Waals surface area contributed by atoms with Gasteiger partial charge in [0.25, 0.3) is 0 Å². The van der Waals surface area contributed by atoms with Gasteiger partial charge in [-0.3, -0.25) is 0 Å². The molecule has 1 unspecified atom stereocenters. The van der Waals surface area contributed by atoms with Crippen molar-refractivity contribution in [3.8, 4) is 0 Å². The molecule has 0 aliphatic carbocycles. The van der Waals surface area contributed by atoms with E-state index in [4.69, 9.17) is 5.11 Å². The van der Waals surface area contributed by atoms with Gasteiger partial charge in [-0.15, -0.1) is 0 Å². The first-order valence-electron chi connectivity index (χ1n) is 6.06. The number of urea groups is 1. The van der Waals surface area contributed by atoms with E-state index >= 15 is 0 Å². The Kier molecular flexibility index (Phi) is 4.09. The molecule has 1 fully saturated rings. The van der Waals surface area contributed by atoms with E-state index in [0.717, 1.165) is 10.9 Å². The Morgan fingerprint density at radius 2 is 2.21 bits per heavy atom. The lowest BCUT2D eigenvalue weighted by Crippen LogP contribution is -2.33. The van der Waals surface area contributed by atoms with E-state index in [2.05, 4.69) is 28.2 Å². The molecule has 2 amide bonds. The van der Waals surface area contributed by atoms with Crippen LogP contribution in [0.15, 0.2) is 22.7 Å². The minimum atomic E-state index is -1.06. The summed E-state index contributed by atoms with van der Waals surface area (Å²) in [5.41, 5.74) is 0.398. The standard InChI is InChI=1S/C13H15BrN2O3/c1-8-4-5-16(7-8)13(19)15-11-6-9(14)2-3-10(11)12(17)18/h2-3,6,8H,4-5,7H2,1H3,(H,15,19)(H,17,18). The van der Waals surface area contributed by atoms with Gasteiger partial charge in [0.15, 0.2) is 0 Å². The fraction of sp³-hybridized carbons (Fsp3) is 0.385. The van der Waals surface area contributed by atoms with Crippen molar-refractivity contribution in [1.29, 1.82) is 0 Å². The summed E-state index contributed by atoms with van der Waals surface area (Å²) in [5, 5.41) is 11.8. The summed E-state index contributed by atoms with van der Waals surface area (Å²) in [7, 11) is 0. The fourth-order valence-corrected chi connectivity index (χ4v) is 2.48. The van der Waals surface area contributed by atoms with Gasteiger partial charge in [-0.1, -0.05) is 22.9 Å². The molecule has 0 aromatic heterocycles. The van der Waals surface area contributed by atoms with Crippen LogP contribution in [0.5, 0.6) is 0 Å². The Morgan fingerprint density at radius 3 is 2.79 bits per heavy atom. The third-order valence-electron chi connectivity index (χ3n) is 3.16. The van der Waals surface area contributed by atoms with Crippen LogP contribution in [0.3, 0.4) is 0 Å². The number of likely N-dealkylation sites (tertiary alicyclic amines) is 1. The Balaban J connectivity index is 2.16. The topological polar surface area (TPSA) is 69.6 Å². The van der Waals surface area contributed by atoms with Gasteiger partial charge in [-0.05, 0) is 30.5 Å². The summed E-state index contributed by atoms with van der Waals surface area (Å²) in [5.74, 6) is -0.565. The second-order valence-electron chi connectivity index (χ2n) is 4.77. The van der Waals surface area contributed by atoms with E-state index in [-0.39, 0.29) is 11.6 Å². The van der Waals surface area contributed by atoms with Crippen LogP contribution in [0.25, 0.3) is 0 Å². The summed E-state index contributed by atoms with van der Waals surface area (Å²) >= 11 is 3.27. The van der Waals surface area contributed by atoms with Gasteiger partial charge >= 0.3 is 12.0 Å². The summed E-state index contributed by atoms with van der Waals surface area (Å²) in [6, 6.07) is 4.46. The number of anilines is 1. The van der Waals surface area contributed by atoms with Gasteiger partial charge in [-0.2, -0.15) is 0 Å². The molecule has 2 rings (SSSR count). The number of nitrogens with zero attached hydrogens (tertiary/aromatic N) is 1. The van der Waals surface area contributed by atoms with Gasteiger partial charge in [0.2, 0.25) is 0 Å². The molecule has 1 aromatic rings. The summed E-state index contributed by atoms with van der Waals surface area (Å²) < 4.78 is 0.725. The van der Waals surface area contributed by atoms with Crippen molar-refractivity contribution in [3.05, 3.63) is 28.2 Å². The highest BCUT2D eigenvalue weighted by Crippen LogP contribution is 2.23. The molecule has 1 aromatic carbocycles. The molecule has 5 nitrogen and oxygen atoms in total. The van der Waals surface area contributed by atoms with Crippen molar-refractivity contribution in [3.63, 3.8) is 0 Å². The predicted octanol–water partition coefficient (Wildman–Crippen LogP) is 3.02. The third-order valence-corrected chi connectivity index (χ3v) is 3.66. The van der Waals surface area contributed by atoms with Crippen LogP contribution in [0, 0.1) is 5.92 Å². The van der Waals surface area contributed by atoms with Crippen molar-refractivity contribution >= 4 is 33.6 Å². The van der Waals surface area contributed by atoms with E-state index in [1.54, 1.807) is 17.0 Å². The fourth-order valence-electron chi connectivity index (χ4n) is 2.12. The highest BCUT2D eigenvalue weighted by molar-refractivity contribution is 9.10. The number of hydrogen-bond acceptors (Lipinski definition) is 2. The average molecular weight is 327 g/mol. The van der Waals surface area contributed by atoms with E-state index in [1.807, 2.05) is 0 Å². The molecule has 1 atom stereocenters. The first kappa shape index (κ1) is 13.9. The molecule has 1 aliphatic rings. The van der Waals surface area contributed by atoms with Gasteiger partial charge in [0.05, 0.1) is 11.3 Å². The largest absolute Gasteiger partial charge is 0.478 e. The van der Waals surface area contributed by atoms with Crippen LogP contribution in [-0.4, -0.2) is 35.1 Å². The molecule has 0 spiro atoms. The number of halogens is 1. The monoisotopic (exact) mass is 326 g/mol. The van der Waals surface area contributed by atoms with Crippen molar-refractivity contribution < 1.29 is 14.7 Å². The summed E-state index contributed by atoms with van der Waals surface area (Å²) in [4.78, 5) is 24.9. The van der Waals surface area contributed by atoms with Crippen LogP contribution in [0.2, 0.25) is 0 Å². The van der Waals surface area contributed by atoms with E-state index in [9.17, 15) is 9.59 Å². The molecule has 0 saturated carbocycles. The quantitative estimate of drug-likeness (QED) is 0.877. The van der Waals surface area contributed by atoms with Crippen LogP contribution in [-0.2, 0) is 0 Å². The molecule has 1 heterocycles. The number of rotatable bonds is 2. The van der Waals surface area contributed by atoms with Crippen molar-refractivity contribution in [2.24, 2.45) is 5.92 Å². The molecule has 1 saturated heterocycles. The zero-order valence-electron chi connectivity index (χ0n) is 10.5. The Hall–Kier alpha value is -1.56. The Bertz CT molecular complexity index is 519. The van der Waals surface area contributed by atoms with E-state index in [0.29, 0.717) is 24.7 Å². The second-order valence-corrected chi connectivity index (χ2v) is 5.68. The maximum Gasteiger partial charge on any atom is 0.337 e. The number of hydrogen-bond donors (Lipinski definition) is 2. The van der Waals surface area contributed by atoms with Crippen molar-refractivity contribution in [2.45, 2.75) is 13.3 Å². The van der Waals surface area contributed by atoms with Crippen molar-refractivity contribution in [1.82, 2.24) is 4.90 Å². The normalized spacial score (nSPS) is 18.4. The number of nitrogens with one attached hydrogen (secondary N) is 1. The third kappa shape index (κ3) is 3.26. The number of amides is 2. The lowest BCUT2D eigenvalue weighted by atomic mass is 10.2. The highest BCUT2D eigenvalue weighted by Gasteiger charge is 2.24. The molecule has 2 N–H and O–H groups in total. The van der Waals surface area contributed by atoms with Gasteiger partial charge in [-0.25, -0.2) is 9.59 Å². The lowest BCUT2D eigenvalue weighted by Gasteiger charge is -2.17. The van der Waals surface area contributed by atoms with Crippen LogP contribution in [0.4, 0.5) is 10.5 Å². The zero-order chi connectivity index (χ0) is 14.0. The Labute approximate surface area is 119 Å². The molecule has 6 heteroatoms. The number of aromatic carboxylic acids is 1. The molecular weight excluding hydrogens is 312 g/mol. The minimum absolute atomic E-state index is 0.0868. The molecule has 1 aliphatic heterocycles. The van der Waals surface area contributed by atoms with E-state index < -0.39 is 5.97 Å². The first-order valence-corrected chi connectivity index (χ1v) is 6.85. The first-order chi connectivity index (χ1) is 8.97. The van der Waals surface area contributed by atoms with Gasteiger partial charge < -0.3 is 15.3 Å². The highest BCUT2D eigenvalue weighted by atomic mass is 79.9. The summed E-state index contributed by atoms with van der Waals surface area (Å²) in [6.45, 7) is 3.51. The molecule has 0 bridgehead atoms. The maximum absolute atomic E-state index is 12.1. The van der Waals surface area contributed by atoms with Crippen LogP contribution >= 0.6 is 15.9 Å². The number of carbonyl (C=O) groups is 2. The average Bonchev–Trinajstić information content (AvgIpc) is 2.75. The Morgan fingerprint density at radius 1 is 1.47 bits per heavy atom. The van der Waals surface area contributed by atoms with Crippen LogP contribution in [0.1, 0.15) is 23.7 Å². The second kappa shape index (κ2) is 5.61.